The smallest absolute Gasteiger partial charge is 0.308 e. The van der Waals surface area contributed by atoms with Gasteiger partial charge in [-0.1, -0.05) is 57.9 Å². The van der Waals surface area contributed by atoms with Crippen LogP contribution in [0.5, 0.6) is 5.75 Å². The predicted molar refractivity (Wildman–Crippen MR) is 160 cm³/mol. The molecule has 5 heteroatoms. The SMILES string of the molecule is CC(=O)Oc1ccc2c(c1)CC[C@@H]1[C@@H]2[C@@H](CCCCCCCCCCC(=O)N(C)C(C)C)C[C@]2(C)C(=O)CC[C@@H]12. The molecular formula is C35H53NO4. The van der Waals surface area contributed by atoms with Gasteiger partial charge in [-0.25, -0.2) is 0 Å². The van der Waals surface area contributed by atoms with E-state index in [-0.39, 0.29) is 23.3 Å². The number of nitrogens with zero attached hydrogens (tertiary/aromatic N) is 1. The molecule has 0 aliphatic heterocycles. The number of hydrogen-bond donors (Lipinski definition) is 0. The zero-order chi connectivity index (χ0) is 28.9. The van der Waals surface area contributed by atoms with E-state index in [1.54, 1.807) is 0 Å². The average Bonchev–Trinajstić information content (AvgIpc) is 3.21. The number of benzene rings is 1. The molecule has 0 spiro atoms. The Bertz CT molecular complexity index is 1050. The zero-order valence-electron chi connectivity index (χ0n) is 25.8. The van der Waals surface area contributed by atoms with Crippen LogP contribution < -0.4 is 4.74 Å². The average molecular weight is 552 g/mol. The number of unbranched alkanes of at least 4 members (excludes halogenated alkanes) is 7. The first kappa shape index (κ1) is 30.8. The van der Waals surface area contributed by atoms with Crippen LogP contribution in [0.1, 0.15) is 135 Å². The molecular weight excluding hydrogens is 498 g/mol. The minimum absolute atomic E-state index is 0.133. The summed E-state index contributed by atoms with van der Waals surface area (Å²) in [5.41, 5.74) is 2.67. The molecule has 1 amide bonds. The van der Waals surface area contributed by atoms with E-state index in [0.717, 1.165) is 44.9 Å². The van der Waals surface area contributed by atoms with Gasteiger partial charge in [-0.2, -0.15) is 0 Å². The maximum Gasteiger partial charge on any atom is 0.308 e. The number of carbonyl (C=O) groups is 3. The highest BCUT2D eigenvalue weighted by Crippen LogP contribution is 2.62. The first-order valence-corrected chi connectivity index (χ1v) is 16.2. The molecule has 0 aromatic heterocycles. The third-order valence-electron chi connectivity index (χ3n) is 10.7. The van der Waals surface area contributed by atoms with Crippen molar-refractivity contribution in [2.24, 2.45) is 23.2 Å². The minimum Gasteiger partial charge on any atom is -0.427 e. The normalized spacial score (nSPS) is 27.2. The molecule has 2 saturated carbocycles. The van der Waals surface area contributed by atoms with Crippen LogP contribution in [0.4, 0.5) is 0 Å². The molecule has 1 aromatic carbocycles. The van der Waals surface area contributed by atoms with Crippen LogP contribution >= 0.6 is 0 Å². The lowest BCUT2D eigenvalue weighted by Gasteiger charge is -2.52. The van der Waals surface area contributed by atoms with E-state index in [9.17, 15) is 14.4 Å². The molecule has 3 aliphatic rings. The third-order valence-corrected chi connectivity index (χ3v) is 10.7. The van der Waals surface area contributed by atoms with Crippen LogP contribution in [-0.4, -0.2) is 35.6 Å². The molecule has 0 heterocycles. The fourth-order valence-corrected chi connectivity index (χ4v) is 8.35. The second-order valence-electron chi connectivity index (χ2n) is 13.6. The summed E-state index contributed by atoms with van der Waals surface area (Å²) >= 11 is 0. The van der Waals surface area contributed by atoms with Gasteiger partial charge in [0, 0.05) is 38.3 Å². The van der Waals surface area contributed by atoms with Gasteiger partial charge in [0.05, 0.1) is 0 Å². The Labute approximate surface area is 242 Å². The van der Waals surface area contributed by atoms with Gasteiger partial charge in [0.1, 0.15) is 11.5 Å². The third kappa shape index (κ3) is 6.99. The lowest BCUT2D eigenvalue weighted by molar-refractivity contribution is -0.132. The Kier molecular flexibility index (Phi) is 10.5. The monoisotopic (exact) mass is 551 g/mol. The Balaban J connectivity index is 1.27. The van der Waals surface area contributed by atoms with E-state index in [4.69, 9.17) is 4.74 Å². The number of hydrogen-bond acceptors (Lipinski definition) is 4. The molecule has 0 N–H and O–H groups in total. The lowest BCUT2D eigenvalue weighted by atomic mass is 9.51. The molecule has 0 unspecified atom stereocenters. The van der Waals surface area contributed by atoms with Crippen molar-refractivity contribution < 1.29 is 19.1 Å². The highest BCUT2D eigenvalue weighted by molar-refractivity contribution is 5.87. The van der Waals surface area contributed by atoms with Crippen molar-refractivity contribution in [1.82, 2.24) is 4.90 Å². The summed E-state index contributed by atoms with van der Waals surface area (Å²) in [6.45, 7) is 7.86. The predicted octanol–water partition coefficient (Wildman–Crippen LogP) is 8.03. The Morgan fingerprint density at radius 3 is 2.35 bits per heavy atom. The van der Waals surface area contributed by atoms with Crippen molar-refractivity contribution in [3.63, 3.8) is 0 Å². The number of Topliss-reactive ketones (excluding diaryl/α,β-unsaturated/α-hetero) is 1. The van der Waals surface area contributed by atoms with E-state index in [0.29, 0.717) is 41.6 Å². The molecule has 0 bridgehead atoms. The summed E-state index contributed by atoms with van der Waals surface area (Å²) in [5.74, 6) is 3.35. The van der Waals surface area contributed by atoms with Gasteiger partial charge in [0.2, 0.25) is 5.91 Å². The molecule has 2 fully saturated rings. The highest BCUT2D eigenvalue weighted by Gasteiger charge is 2.57. The van der Waals surface area contributed by atoms with Crippen LogP contribution in [-0.2, 0) is 20.8 Å². The van der Waals surface area contributed by atoms with Crippen LogP contribution in [0, 0.1) is 23.2 Å². The Hall–Kier alpha value is -2.17. The van der Waals surface area contributed by atoms with Gasteiger partial charge in [0.25, 0.3) is 0 Å². The topological polar surface area (TPSA) is 63.7 Å². The number of rotatable bonds is 13. The second-order valence-corrected chi connectivity index (χ2v) is 13.6. The number of amides is 1. The molecule has 1 aromatic rings. The summed E-state index contributed by atoms with van der Waals surface area (Å²) in [6.07, 6.45) is 16.6. The van der Waals surface area contributed by atoms with Crippen LogP contribution in [0.3, 0.4) is 0 Å². The number of esters is 1. The number of ether oxygens (including phenoxy) is 1. The van der Waals surface area contributed by atoms with E-state index >= 15 is 0 Å². The van der Waals surface area contributed by atoms with Gasteiger partial charge in [-0.15, -0.1) is 0 Å². The molecule has 5 nitrogen and oxygen atoms in total. The maximum absolute atomic E-state index is 13.1. The standard InChI is InChI=1S/C35H53NO4/c1-24(2)36(5)33(39)15-13-11-9-7-6-8-10-12-14-27-23-35(4)31(20-21-32(35)38)30-18-16-26-22-28(40-25(3)37)17-19-29(26)34(27)30/h17,19,22,24,27,30-31,34H,6-16,18,20-21,23H2,1-5H3/t27-,30-,31-,34+,35-/m0/s1. The van der Waals surface area contributed by atoms with Crippen molar-refractivity contribution >= 4 is 17.7 Å². The van der Waals surface area contributed by atoms with E-state index in [1.165, 1.54) is 63.0 Å². The minimum atomic E-state index is -0.269. The number of ketones is 1. The second kappa shape index (κ2) is 13.7. The van der Waals surface area contributed by atoms with Crippen LogP contribution in [0.15, 0.2) is 18.2 Å². The van der Waals surface area contributed by atoms with Crippen molar-refractivity contribution in [2.45, 2.75) is 136 Å². The van der Waals surface area contributed by atoms with Gasteiger partial charge < -0.3 is 9.64 Å². The quantitative estimate of drug-likeness (QED) is 0.141. The first-order chi connectivity index (χ1) is 19.1. The Morgan fingerprint density at radius 1 is 1.00 bits per heavy atom. The summed E-state index contributed by atoms with van der Waals surface area (Å²) in [4.78, 5) is 38.6. The van der Waals surface area contributed by atoms with Gasteiger partial charge in [0.15, 0.2) is 0 Å². The fraction of sp³-hybridized carbons (Fsp3) is 0.743. The molecule has 5 atom stereocenters. The van der Waals surface area contributed by atoms with Crippen molar-refractivity contribution in [3.8, 4) is 5.75 Å². The van der Waals surface area contributed by atoms with Crippen molar-refractivity contribution in [3.05, 3.63) is 29.3 Å². The van der Waals surface area contributed by atoms with Crippen molar-refractivity contribution in [2.75, 3.05) is 7.05 Å². The lowest BCUT2D eigenvalue weighted by Crippen LogP contribution is -2.46. The largest absolute Gasteiger partial charge is 0.427 e. The van der Waals surface area contributed by atoms with E-state index in [2.05, 4.69) is 32.9 Å². The summed E-state index contributed by atoms with van der Waals surface area (Å²) < 4.78 is 5.40. The number of aryl methyl sites for hydroxylation is 1. The number of carbonyl (C=O) groups excluding carboxylic acids is 3. The van der Waals surface area contributed by atoms with E-state index in [1.807, 2.05) is 18.0 Å². The number of fused-ring (bicyclic) bond motifs is 5. The zero-order valence-corrected chi connectivity index (χ0v) is 25.8. The molecule has 0 radical (unpaired) electrons. The van der Waals surface area contributed by atoms with Gasteiger partial charge >= 0.3 is 5.97 Å². The van der Waals surface area contributed by atoms with Crippen LogP contribution in [0.2, 0.25) is 0 Å². The molecule has 3 aliphatic carbocycles. The molecule has 0 saturated heterocycles. The molecule has 4 rings (SSSR count). The van der Waals surface area contributed by atoms with E-state index < -0.39 is 0 Å². The fourth-order valence-electron chi connectivity index (χ4n) is 8.35. The maximum atomic E-state index is 13.1. The summed E-state index contributed by atoms with van der Waals surface area (Å²) in [6, 6.07) is 6.58. The first-order valence-electron chi connectivity index (χ1n) is 16.2. The summed E-state index contributed by atoms with van der Waals surface area (Å²) in [7, 11) is 1.90. The molecule has 222 valence electrons. The van der Waals surface area contributed by atoms with Gasteiger partial charge in [-0.05, 0) is 99.3 Å². The highest BCUT2D eigenvalue weighted by atomic mass is 16.5. The van der Waals surface area contributed by atoms with Crippen molar-refractivity contribution in [1.29, 1.82) is 0 Å². The van der Waals surface area contributed by atoms with Gasteiger partial charge in [-0.3, -0.25) is 14.4 Å². The van der Waals surface area contributed by atoms with Crippen LogP contribution in [0.25, 0.3) is 0 Å². The summed E-state index contributed by atoms with van der Waals surface area (Å²) in [5, 5.41) is 0. The molecule has 40 heavy (non-hydrogen) atoms. The Morgan fingerprint density at radius 2 is 1.68 bits per heavy atom.